The largest absolute Gasteiger partial charge is 0.490 e. The Bertz CT molecular complexity index is 1190. The molecule has 1 amide bonds. The lowest BCUT2D eigenvalue weighted by Gasteiger charge is -2.18. The molecule has 0 saturated carbocycles. The van der Waals surface area contributed by atoms with Crippen molar-refractivity contribution < 1.29 is 14.3 Å². The first-order valence-corrected chi connectivity index (χ1v) is 12.0. The topological polar surface area (TPSA) is 38.8 Å². The van der Waals surface area contributed by atoms with E-state index in [0.717, 1.165) is 22.4 Å². The predicted octanol–water partition coefficient (Wildman–Crippen LogP) is 6.94. The second-order valence-corrected chi connectivity index (χ2v) is 9.34. The average molecular weight is 476 g/mol. The van der Waals surface area contributed by atoms with Crippen LogP contribution < -0.4 is 14.4 Å². The zero-order chi connectivity index (χ0) is 23.4. The lowest BCUT2D eigenvalue weighted by molar-refractivity contribution is -0.113. The highest BCUT2D eigenvalue weighted by atomic mass is 32.2. The smallest absolute Gasteiger partial charge is 0.270 e. The minimum atomic E-state index is -0.123. The van der Waals surface area contributed by atoms with Gasteiger partial charge in [-0.2, -0.15) is 0 Å². The van der Waals surface area contributed by atoms with Crippen molar-refractivity contribution in [3.05, 3.63) is 94.4 Å². The number of anilines is 1. The SMILES string of the molecule is CCOc1cc(/C=C2\SC(=S)N(c3ccc(C)cc3)C2=O)ccc1OC(C)c1ccccc1. The zero-order valence-corrected chi connectivity index (χ0v) is 20.4. The van der Waals surface area contributed by atoms with Crippen molar-refractivity contribution in [3.8, 4) is 11.5 Å². The molecule has 0 aliphatic carbocycles. The van der Waals surface area contributed by atoms with Crippen molar-refractivity contribution in [1.29, 1.82) is 0 Å². The van der Waals surface area contributed by atoms with E-state index in [0.29, 0.717) is 27.3 Å². The predicted molar refractivity (Wildman–Crippen MR) is 140 cm³/mol. The number of carbonyl (C=O) groups excluding carboxylic acids is 1. The third-order valence-electron chi connectivity index (χ3n) is 5.22. The van der Waals surface area contributed by atoms with Crippen LogP contribution >= 0.6 is 24.0 Å². The van der Waals surface area contributed by atoms with Crippen LogP contribution in [0.4, 0.5) is 5.69 Å². The van der Waals surface area contributed by atoms with Crippen LogP contribution in [-0.4, -0.2) is 16.8 Å². The van der Waals surface area contributed by atoms with Crippen LogP contribution in [0.3, 0.4) is 0 Å². The summed E-state index contributed by atoms with van der Waals surface area (Å²) in [6.07, 6.45) is 1.72. The first-order chi connectivity index (χ1) is 16.0. The van der Waals surface area contributed by atoms with E-state index in [1.165, 1.54) is 11.8 Å². The van der Waals surface area contributed by atoms with Gasteiger partial charge in [-0.3, -0.25) is 9.69 Å². The Morgan fingerprint density at radius 1 is 1.03 bits per heavy atom. The highest BCUT2D eigenvalue weighted by molar-refractivity contribution is 8.27. The molecule has 1 aliphatic heterocycles. The van der Waals surface area contributed by atoms with Crippen LogP contribution in [0.2, 0.25) is 0 Å². The number of hydrogen-bond donors (Lipinski definition) is 0. The summed E-state index contributed by atoms with van der Waals surface area (Å²) in [4.78, 5) is 15.2. The molecule has 0 radical (unpaired) electrons. The van der Waals surface area contributed by atoms with Gasteiger partial charge in [-0.15, -0.1) is 0 Å². The lowest BCUT2D eigenvalue weighted by atomic mass is 10.1. The molecule has 0 N–H and O–H groups in total. The molecular weight excluding hydrogens is 450 g/mol. The molecule has 1 saturated heterocycles. The van der Waals surface area contributed by atoms with Gasteiger partial charge in [-0.25, -0.2) is 0 Å². The number of thiocarbonyl (C=S) groups is 1. The molecule has 3 aromatic carbocycles. The van der Waals surface area contributed by atoms with Crippen molar-refractivity contribution in [2.45, 2.75) is 26.9 Å². The molecule has 1 heterocycles. The number of carbonyl (C=O) groups is 1. The molecule has 0 bridgehead atoms. The Morgan fingerprint density at radius 3 is 2.45 bits per heavy atom. The highest BCUT2D eigenvalue weighted by Gasteiger charge is 2.33. The van der Waals surface area contributed by atoms with Crippen molar-refractivity contribution in [3.63, 3.8) is 0 Å². The summed E-state index contributed by atoms with van der Waals surface area (Å²) in [7, 11) is 0. The number of aryl methyl sites for hydroxylation is 1. The van der Waals surface area contributed by atoms with Crippen LogP contribution in [0.25, 0.3) is 6.08 Å². The third-order valence-corrected chi connectivity index (χ3v) is 6.53. The molecule has 1 unspecified atom stereocenters. The minimum absolute atomic E-state index is 0.121. The molecule has 1 aliphatic rings. The second kappa shape index (κ2) is 10.2. The normalized spacial score (nSPS) is 15.7. The number of thioether (sulfide) groups is 1. The molecule has 1 fully saturated rings. The number of rotatable bonds is 7. The van der Waals surface area contributed by atoms with Gasteiger partial charge in [-0.05, 0) is 62.2 Å². The summed E-state index contributed by atoms with van der Waals surface area (Å²) in [6, 6.07) is 23.5. The maximum atomic E-state index is 13.1. The van der Waals surface area contributed by atoms with Gasteiger partial charge in [0, 0.05) is 0 Å². The fourth-order valence-electron chi connectivity index (χ4n) is 3.50. The molecular formula is C27H25NO3S2. The van der Waals surface area contributed by atoms with Gasteiger partial charge in [0.05, 0.1) is 17.2 Å². The van der Waals surface area contributed by atoms with Gasteiger partial charge in [0.25, 0.3) is 5.91 Å². The second-order valence-electron chi connectivity index (χ2n) is 7.66. The highest BCUT2D eigenvalue weighted by Crippen LogP contribution is 2.38. The van der Waals surface area contributed by atoms with Gasteiger partial charge in [0.1, 0.15) is 6.10 Å². The van der Waals surface area contributed by atoms with Crippen LogP contribution in [0.15, 0.2) is 77.7 Å². The summed E-state index contributed by atoms with van der Waals surface area (Å²) in [5.74, 6) is 1.19. The summed E-state index contributed by atoms with van der Waals surface area (Å²) < 4.78 is 12.6. The number of amides is 1. The Balaban J connectivity index is 1.57. The monoisotopic (exact) mass is 475 g/mol. The van der Waals surface area contributed by atoms with E-state index in [9.17, 15) is 4.79 Å². The molecule has 168 valence electrons. The van der Waals surface area contributed by atoms with Crippen LogP contribution in [-0.2, 0) is 4.79 Å². The third kappa shape index (κ3) is 5.29. The van der Waals surface area contributed by atoms with E-state index in [1.54, 1.807) is 4.90 Å². The Kier molecular flexibility index (Phi) is 7.16. The van der Waals surface area contributed by atoms with E-state index in [1.807, 2.05) is 99.6 Å². The van der Waals surface area contributed by atoms with E-state index in [2.05, 4.69) is 0 Å². The van der Waals surface area contributed by atoms with Crippen molar-refractivity contribution in [2.24, 2.45) is 0 Å². The number of hydrogen-bond acceptors (Lipinski definition) is 5. The number of nitrogens with zero attached hydrogens (tertiary/aromatic N) is 1. The van der Waals surface area contributed by atoms with E-state index >= 15 is 0 Å². The van der Waals surface area contributed by atoms with Crippen LogP contribution in [0.1, 0.15) is 36.6 Å². The van der Waals surface area contributed by atoms with Crippen LogP contribution in [0.5, 0.6) is 11.5 Å². The van der Waals surface area contributed by atoms with Crippen molar-refractivity contribution in [1.82, 2.24) is 0 Å². The van der Waals surface area contributed by atoms with Gasteiger partial charge in [0.15, 0.2) is 15.8 Å². The maximum Gasteiger partial charge on any atom is 0.270 e. The average Bonchev–Trinajstić information content (AvgIpc) is 3.09. The van der Waals surface area contributed by atoms with Gasteiger partial charge >= 0.3 is 0 Å². The summed E-state index contributed by atoms with van der Waals surface area (Å²) in [5, 5.41) is 0. The van der Waals surface area contributed by atoms with E-state index in [4.69, 9.17) is 21.7 Å². The van der Waals surface area contributed by atoms with E-state index in [-0.39, 0.29) is 12.0 Å². The summed E-state index contributed by atoms with van der Waals surface area (Å²) >= 11 is 6.79. The molecule has 1 atom stereocenters. The molecule has 0 spiro atoms. The minimum Gasteiger partial charge on any atom is -0.490 e. The summed E-state index contributed by atoms with van der Waals surface area (Å²) in [6.45, 7) is 6.46. The van der Waals surface area contributed by atoms with Crippen molar-refractivity contribution in [2.75, 3.05) is 11.5 Å². The van der Waals surface area contributed by atoms with Gasteiger partial charge in [-0.1, -0.05) is 78.1 Å². The molecule has 33 heavy (non-hydrogen) atoms. The maximum absolute atomic E-state index is 13.1. The quantitative estimate of drug-likeness (QED) is 0.273. The standard InChI is InChI=1S/C27H25NO3S2/c1-4-30-24-16-20(12-15-23(24)31-19(3)21-8-6-5-7-9-21)17-25-26(29)28(27(32)33-25)22-13-10-18(2)11-14-22/h5-17,19H,4H2,1-3H3/b25-17-. The van der Waals surface area contributed by atoms with Gasteiger partial charge in [0.2, 0.25) is 0 Å². The first kappa shape index (κ1) is 23.1. The van der Waals surface area contributed by atoms with Crippen molar-refractivity contribution >= 4 is 46.0 Å². The Hall–Kier alpha value is -3.09. The van der Waals surface area contributed by atoms with Crippen LogP contribution in [0, 0.1) is 6.92 Å². The van der Waals surface area contributed by atoms with Gasteiger partial charge < -0.3 is 9.47 Å². The molecule has 6 heteroatoms. The number of benzene rings is 3. The molecule has 3 aromatic rings. The zero-order valence-electron chi connectivity index (χ0n) is 18.8. The Morgan fingerprint density at radius 2 is 1.76 bits per heavy atom. The molecule has 4 rings (SSSR count). The molecule has 4 nitrogen and oxygen atoms in total. The summed E-state index contributed by atoms with van der Waals surface area (Å²) in [5.41, 5.74) is 3.85. The van der Waals surface area contributed by atoms with E-state index < -0.39 is 0 Å². The lowest BCUT2D eigenvalue weighted by Crippen LogP contribution is -2.27. The number of ether oxygens (including phenoxy) is 2. The fourth-order valence-corrected chi connectivity index (χ4v) is 4.80. The first-order valence-electron chi connectivity index (χ1n) is 10.8. The Labute approximate surface area is 204 Å². The fraction of sp³-hybridized carbons (Fsp3) is 0.185. The molecule has 0 aromatic heterocycles.